The summed E-state index contributed by atoms with van der Waals surface area (Å²) in [7, 11) is 3.34. The molecule has 1 aliphatic carbocycles. The van der Waals surface area contributed by atoms with Crippen molar-refractivity contribution in [3.8, 4) is 11.5 Å². The second-order valence-corrected chi connectivity index (χ2v) is 5.85. The van der Waals surface area contributed by atoms with Gasteiger partial charge in [0.1, 0.15) is 0 Å². The Morgan fingerprint density at radius 1 is 1.20 bits per heavy atom. The lowest BCUT2D eigenvalue weighted by atomic mass is 9.77. The number of methoxy groups -OCH3 is 2. The van der Waals surface area contributed by atoms with Gasteiger partial charge in [-0.3, -0.25) is 0 Å². The molecule has 4 heteroatoms. The highest BCUT2D eigenvalue weighted by molar-refractivity contribution is 5.46. The van der Waals surface area contributed by atoms with E-state index in [1.165, 1.54) is 0 Å². The van der Waals surface area contributed by atoms with E-state index in [1.807, 2.05) is 12.1 Å². The molecule has 1 saturated carbocycles. The fraction of sp³-hybridized carbons (Fsp3) is 0.625. The van der Waals surface area contributed by atoms with Crippen molar-refractivity contribution in [3.05, 3.63) is 23.8 Å². The molecule has 0 radical (unpaired) electrons. The molecular formula is C16H26N2O2. The average molecular weight is 278 g/mol. The molecule has 1 fully saturated rings. The minimum Gasteiger partial charge on any atom is -0.493 e. The second-order valence-electron chi connectivity index (χ2n) is 5.85. The maximum Gasteiger partial charge on any atom is 0.163 e. The van der Waals surface area contributed by atoms with Gasteiger partial charge < -0.3 is 20.9 Å². The summed E-state index contributed by atoms with van der Waals surface area (Å²) in [6.07, 6.45) is 5.97. The van der Waals surface area contributed by atoms with E-state index < -0.39 is 0 Å². The Bertz CT molecular complexity index is 440. The van der Waals surface area contributed by atoms with Crippen LogP contribution in [0.3, 0.4) is 0 Å². The molecule has 0 aliphatic heterocycles. The lowest BCUT2D eigenvalue weighted by molar-refractivity contribution is 0.256. The largest absolute Gasteiger partial charge is 0.493 e. The Morgan fingerprint density at radius 3 is 2.50 bits per heavy atom. The predicted molar refractivity (Wildman–Crippen MR) is 81.2 cm³/mol. The number of hydrogen-bond acceptors (Lipinski definition) is 4. The van der Waals surface area contributed by atoms with E-state index in [-0.39, 0.29) is 5.54 Å². The Balaban J connectivity index is 2.03. The standard InChI is InChI=1S/C16H26N2O2/c1-19-14-5-3-4-12(15(14)20-2)6-9-16(18)10-7-13(17)8-11-16/h3-5,13H,6-11,17-18H2,1-2H3. The van der Waals surface area contributed by atoms with E-state index in [9.17, 15) is 0 Å². The second kappa shape index (κ2) is 6.46. The van der Waals surface area contributed by atoms with Crippen molar-refractivity contribution in [2.24, 2.45) is 11.5 Å². The molecule has 0 saturated heterocycles. The van der Waals surface area contributed by atoms with Crippen LogP contribution in [0.5, 0.6) is 11.5 Å². The van der Waals surface area contributed by atoms with Crippen LogP contribution < -0.4 is 20.9 Å². The zero-order valence-corrected chi connectivity index (χ0v) is 12.5. The van der Waals surface area contributed by atoms with Crippen molar-refractivity contribution in [1.82, 2.24) is 0 Å². The molecule has 0 atom stereocenters. The number of rotatable bonds is 5. The van der Waals surface area contributed by atoms with Gasteiger partial charge in [0.15, 0.2) is 11.5 Å². The van der Waals surface area contributed by atoms with Crippen LogP contribution in [0.1, 0.15) is 37.7 Å². The Hall–Kier alpha value is -1.26. The van der Waals surface area contributed by atoms with Gasteiger partial charge in [-0.15, -0.1) is 0 Å². The summed E-state index contributed by atoms with van der Waals surface area (Å²) in [4.78, 5) is 0. The molecule has 2 rings (SSSR count). The van der Waals surface area contributed by atoms with Gasteiger partial charge in [-0.25, -0.2) is 0 Å². The fourth-order valence-electron chi connectivity index (χ4n) is 3.00. The maximum absolute atomic E-state index is 6.50. The van der Waals surface area contributed by atoms with E-state index in [4.69, 9.17) is 20.9 Å². The van der Waals surface area contributed by atoms with Gasteiger partial charge >= 0.3 is 0 Å². The van der Waals surface area contributed by atoms with Crippen molar-refractivity contribution in [1.29, 1.82) is 0 Å². The van der Waals surface area contributed by atoms with Crippen molar-refractivity contribution in [3.63, 3.8) is 0 Å². The van der Waals surface area contributed by atoms with E-state index in [0.29, 0.717) is 6.04 Å². The smallest absolute Gasteiger partial charge is 0.163 e. The van der Waals surface area contributed by atoms with Gasteiger partial charge in [0, 0.05) is 11.6 Å². The Labute approximate surface area is 121 Å². The number of hydrogen-bond donors (Lipinski definition) is 2. The third-order valence-electron chi connectivity index (χ3n) is 4.40. The summed E-state index contributed by atoms with van der Waals surface area (Å²) in [6.45, 7) is 0. The molecule has 0 unspecified atom stereocenters. The van der Waals surface area contributed by atoms with E-state index in [2.05, 4.69) is 6.07 Å². The molecular weight excluding hydrogens is 252 g/mol. The van der Waals surface area contributed by atoms with Gasteiger partial charge in [0.05, 0.1) is 14.2 Å². The van der Waals surface area contributed by atoms with Gasteiger partial charge in [-0.1, -0.05) is 12.1 Å². The van der Waals surface area contributed by atoms with E-state index in [0.717, 1.165) is 55.6 Å². The highest BCUT2D eigenvalue weighted by atomic mass is 16.5. The molecule has 1 aromatic carbocycles. The van der Waals surface area contributed by atoms with Crippen molar-refractivity contribution in [2.75, 3.05) is 14.2 Å². The number of aryl methyl sites for hydroxylation is 1. The molecule has 1 aliphatic rings. The molecule has 0 spiro atoms. The first-order valence-electron chi connectivity index (χ1n) is 7.32. The summed E-state index contributed by atoms with van der Waals surface area (Å²) < 4.78 is 10.8. The van der Waals surface area contributed by atoms with Gasteiger partial charge in [-0.2, -0.15) is 0 Å². The van der Waals surface area contributed by atoms with Gasteiger partial charge in [-0.05, 0) is 50.2 Å². The summed E-state index contributed by atoms with van der Waals surface area (Å²) in [5, 5.41) is 0. The van der Waals surface area contributed by atoms with E-state index in [1.54, 1.807) is 14.2 Å². The molecule has 4 N–H and O–H groups in total. The third-order valence-corrected chi connectivity index (χ3v) is 4.40. The predicted octanol–water partition coefficient (Wildman–Crippen LogP) is 2.24. The monoisotopic (exact) mass is 278 g/mol. The molecule has 20 heavy (non-hydrogen) atoms. The van der Waals surface area contributed by atoms with E-state index >= 15 is 0 Å². The van der Waals surface area contributed by atoms with Crippen molar-refractivity contribution < 1.29 is 9.47 Å². The first-order chi connectivity index (χ1) is 9.58. The first-order valence-corrected chi connectivity index (χ1v) is 7.32. The number of ether oxygens (including phenoxy) is 2. The molecule has 4 nitrogen and oxygen atoms in total. The topological polar surface area (TPSA) is 70.5 Å². The molecule has 0 aromatic heterocycles. The van der Waals surface area contributed by atoms with Crippen LogP contribution in [0.25, 0.3) is 0 Å². The number of benzene rings is 1. The SMILES string of the molecule is COc1cccc(CCC2(N)CCC(N)CC2)c1OC. The van der Waals surface area contributed by atoms with Crippen LogP contribution >= 0.6 is 0 Å². The molecule has 0 amide bonds. The quantitative estimate of drug-likeness (QED) is 0.866. The Kier molecular flexibility index (Phi) is 4.89. The van der Waals surface area contributed by atoms with Crippen LogP contribution in [0, 0.1) is 0 Å². The first kappa shape index (κ1) is 15.1. The zero-order chi connectivity index (χ0) is 14.6. The van der Waals surface area contributed by atoms with Crippen LogP contribution in [0.15, 0.2) is 18.2 Å². The van der Waals surface area contributed by atoms with Crippen molar-refractivity contribution in [2.45, 2.75) is 50.1 Å². The third kappa shape index (κ3) is 3.44. The lowest BCUT2D eigenvalue weighted by Crippen LogP contribution is -2.46. The molecule has 0 bridgehead atoms. The number of nitrogens with two attached hydrogens (primary N) is 2. The van der Waals surface area contributed by atoms with Gasteiger partial charge in [0.2, 0.25) is 0 Å². The minimum absolute atomic E-state index is 0.0794. The summed E-state index contributed by atoms with van der Waals surface area (Å²) >= 11 is 0. The van der Waals surface area contributed by atoms with Crippen LogP contribution in [-0.4, -0.2) is 25.8 Å². The number of para-hydroxylation sites is 1. The van der Waals surface area contributed by atoms with Crippen molar-refractivity contribution >= 4 is 0 Å². The summed E-state index contributed by atoms with van der Waals surface area (Å²) in [5.41, 5.74) is 13.5. The highest BCUT2D eigenvalue weighted by Gasteiger charge is 2.30. The molecule has 112 valence electrons. The average Bonchev–Trinajstić information content (AvgIpc) is 2.48. The van der Waals surface area contributed by atoms with Gasteiger partial charge in [0.25, 0.3) is 0 Å². The lowest BCUT2D eigenvalue weighted by Gasteiger charge is -2.36. The van der Waals surface area contributed by atoms with Crippen LogP contribution in [0.4, 0.5) is 0 Å². The minimum atomic E-state index is -0.0794. The fourth-order valence-corrected chi connectivity index (χ4v) is 3.00. The highest BCUT2D eigenvalue weighted by Crippen LogP contribution is 2.34. The van der Waals surface area contributed by atoms with Crippen LogP contribution in [-0.2, 0) is 6.42 Å². The molecule has 1 aromatic rings. The maximum atomic E-state index is 6.50. The zero-order valence-electron chi connectivity index (χ0n) is 12.5. The summed E-state index contributed by atoms with van der Waals surface area (Å²) in [6, 6.07) is 6.33. The normalized spacial score (nSPS) is 26.3. The summed E-state index contributed by atoms with van der Waals surface area (Å²) in [5.74, 6) is 1.60. The Morgan fingerprint density at radius 2 is 1.90 bits per heavy atom. The van der Waals surface area contributed by atoms with Crippen LogP contribution in [0.2, 0.25) is 0 Å². The molecule has 0 heterocycles.